The number of rotatable bonds is 2. The Morgan fingerprint density at radius 3 is 2.44 bits per heavy atom. The SMILES string of the molecule is CC(C)OC(=O)c1cn(C)c(=O)c2ccccc12. The standard InChI is InChI=1S/C14H15NO3/c1-9(2)18-14(17)12-8-15(3)13(16)11-7-5-4-6-10(11)12/h4-9H,1-3H3. The summed E-state index contributed by atoms with van der Waals surface area (Å²) in [6.07, 6.45) is 1.34. The van der Waals surface area contributed by atoms with Crippen molar-refractivity contribution in [2.75, 3.05) is 0 Å². The molecule has 0 bridgehead atoms. The molecule has 2 rings (SSSR count). The number of esters is 1. The van der Waals surface area contributed by atoms with Crippen LogP contribution in [-0.4, -0.2) is 16.6 Å². The van der Waals surface area contributed by atoms with Gasteiger partial charge in [0.2, 0.25) is 0 Å². The summed E-state index contributed by atoms with van der Waals surface area (Å²) < 4.78 is 6.59. The molecule has 0 N–H and O–H groups in total. The predicted octanol–water partition coefficient (Wildman–Crippen LogP) is 2.10. The molecule has 4 nitrogen and oxygen atoms in total. The van der Waals surface area contributed by atoms with Gasteiger partial charge in [-0.05, 0) is 19.9 Å². The van der Waals surface area contributed by atoms with Gasteiger partial charge in [0.1, 0.15) is 0 Å². The summed E-state index contributed by atoms with van der Waals surface area (Å²) in [6.45, 7) is 3.59. The maximum absolute atomic E-state index is 12.0. The Labute approximate surface area is 105 Å². The molecule has 0 fully saturated rings. The number of benzene rings is 1. The molecule has 0 spiro atoms. The van der Waals surface area contributed by atoms with Crippen LogP contribution in [0.3, 0.4) is 0 Å². The Hall–Kier alpha value is -2.10. The summed E-state index contributed by atoms with van der Waals surface area (Å²) in [5.74, 6) is -0.406. The maximum Gasteiger partial charge on any atom is 0.340 e. The molecule has 0 saturated carbocycles. The van der Waals surface area contributed by atoms with Crippen molar-refractivity contribution in [1.82, 2.24) is 4.57 Å². The van der Waals surface area contributed by atoms with Crippen molar-refractivity contribution in [2.45, 2.75) is 20.0 Å². The zero-order valence-electron chi connectivity index (χ0n) is 10.6. The van der Waals surface area contributed by atoms with Crippen LogP contribution >= 0.6 is 0 Å². The minimum atomic E-state index is -0.406. The quantitative estimate of drug-likeness (QED) is 0.761. The van der Waals surface area contributed by atoms with E-state index in [2.05, 4.69) is 0 Å². The molecule has 1 heterocycles. The van der Waals surface area contributed by atoms with Crippen LogP contribution in [0.4, 0.5) is 0 Å². The molecule has 0 saturated heterocycles. The van der Waals surface area contributed by atoms with Crippen molar-refractivity contribution in [1.29, 1.82) is 0 Å². The van der Waals surface area contributed by atoms with E-state index < -0.39 is 5.97 Å². The van der Waals surface area contributed by atoms with Crippen LogP contribution in [0.15, 0.2) is 35.3 Å². The summed E-state index contributed by atoms with van der Waals surface area (Å²) >= 11 is 0. The molecule has 0 atom stereocenters. The van der Waals surface area contributed by atoms with E-state index in [9.17, 15) is 9.59 Å². The van der Waals surface area contributed by atoms with Gasteiger partial charge >= 0.3 is 5.97 Å². The summed E-state index contributed by atoms with van der Waals surface area (Å²) in [6, 6.07) is 7.05. The molecule has 0 aliphatic heterocycles. The molecule has 94 valence electrons. The molecule has 0 radical (unpaired) electrons. The van der Waals surface area contributed by atoms with Gasteiger partial charge < -0.3 is 9.30 Å². The van der Waals surface area contributed by atoms with Gasteiger partial charge in [-0.3, -0.25) is 4.79 Å². The fourth-order valence-electron chi connectivity index (χ4n) is 1.86. The van der Waals surface area contributed by atoms with E-state index in [4.69, 9.17) is 4.74 Å². The lowest BCUT2D eigenvalue weighted by molar-refractivity contribution is 0.0379. The first kappa shape index (κ1) is 12.4. The summed E-state index contributed by atoms with van der Waals surface area (Å²) in [5, 5.41) is 1.16. The molecule has 1 aromatic heterocycles. The largest absolute Gasteiger partial charge is 0.459 e. The van der Waals surface area contributed by atoms with E-state index in [0.717, 1.165) is 0 Å². The lowest BCUT2D eigenvalue weighted by atomic mass is 10.1. The van der Waals surface area contributed by atoms with Gasteiger partial charge in [-0.2, -0.15) is 0 Å². The summed E-state index contributed by atoms with van der Waals surface area (Å²) in [7, 11) is 1.63. The van der Waals surface area contributed by atoms with E-state index in [0.29, 0.717) is 16.3 Å². The number of nitrogens with zero attached hydrogens (tertiary/aromatic N) is 1. The molecular weight excluding hydrogens is 230 g/mol. The van der Waals surface area contributed by atoms with Crippen molar-refractivity contribution in [3.05, 3.63) is 46.4 Å². The van der Waals surface area contributed by atoms with Crippen LogP contribution in [0.1, 0.15) is 24.2 Å². The minimum absolute atomic E-state index is 0.119. The first-order chi connectivity index (χ1) is 8.50. The van der Waals surface area contributed by atoms with Gasteiger partial charge in [-0.25, -0.2) is 4.79 Å². The lowest BCUT2D eigenvalue weighted by Crippen LogP contribution is -2.20. The first-order valence-corrected chi connectivity index (χ1v) is 5.80. The normalized spacial score (nSPS) is 10.9. The van der Waals surface area contributed by atoms with Gasteiger partial charge in [0.15, 0.2) is 0 Å². The molecule has 1 aromatic carbocycles. The zero-order valence-corrected chi connectivity index (χ0v) is 10.6. The van der Waals surface area contributed by atoms with E-state index >= 15 is 0 Å². The summed E-state index contributed by atoms with van der Waals surface area (Å²) in [5.41, 5.74) is 0.299. The van der Waals surface area contributed by atoms with Gasteiger partial charge in [0.05, 0.1) is 11.7 Å². The second-order valence-electron chi connectivity index (χ2n) is 4.46. The average Bonchev–Trinajstić information content (AvgIpc) is 2.33. The van der Waals surface area contributed by atoms with E-state index in [1.54, 1.807) is 45.2 Å². The highest BCUT2D eigenvalue weighted by Crippen LogP contribution is 2.16. The fraction of sp³-hybridized carbons (Fsp3) is 0.286. The Balaban J connectivity index is 2.68. The number of hydrogen-bond acceptors (Lipinski definition) is 3. The number of carbonyl (C=O) groups is 1. The number of aromatic nitrogens is 1. The van der Waals surface area contributed by atoms with Gasteiger partial charge in [0, 0.05) is 24.0 Å². The third kappa shape index (κ3) is 2.14. The molecule has 4 heteroatoms. The monoisotopic (exact) mass is 245 g/mol. The molecule has 0 amide bonds. The molecule has 0 aliphatic rings. The van der Waals surface area contributed by atoms with Crippen LogP contribution < -0.4 is 5.56 Å². The van der Waals surface area contributed by atoms with Crippen LogP contribution in [0.5, 0.6) is 0 Å². The molecule has 2 aromatic rings. The van der Waals surface area contributed by atoms with E-state index in [1.807, 2.05) is 0 Å². The van der Waals surface area contributed by atoms with Crippen LogP contribution in [-0.2, 0) is 11.8 Å². The van der Waals surface area contributed by atoms with Crippen molar-refractivity contribution < 1.29 is 9.53 Å². The number of aryl methyl sites for hydroxylation is 1. The van der Waals surface area contributed by atoms with Gasteiger partial charge in [-0.1, -0.05) is 18.2 Å². The lowest BCUT2D eigenvalue weighted by Gasteiger charge is -2.11. The van der Waals surface area contributed by atoms with Gasteiger partial charge in [0.25, 0.3) is 5.56 Å². The Morgan fingerprint density at radius 2 is 1.83 bits per heavy atom. The number of ether oxygens (including phenoxy) is 1. The number of fused-ring (bicyclic) bond motifs is 1. The third-order valence-corrected chi connectivity index (χ3v) is 2.65. The van der Waals surface area contributed by atoms with Gasteiger partial charge in [-0.15, -0.1) is 0 Å². The van der Waals surface area contributed by atoms with Crippen molar-refractivity contribution in [3.8, 4) is 0 Å². The van der Waals surface area contributed by atoms with Crippen molar-refractivity contribution in [3.63, 3.8) is 0 Å². The highest BCUT2D eigenvalue weighted by Gasteiger charge is 2.15. The Morgan fingerprint density at radius 1 is 1.22 bits per heavy atom. The first-order valence-electron chi connectivity index (χ1n) is 5.80. The number of hydrogen-bond donors (Lipinski definition) is 0. The topological polar surface area (TPSA) is 48.3 Å². The fourth-order valence-corrected chi connectivity index (χ4v) is 1.86. The number of carbonyl (C=O) groups excluding carboxylic acids is 1. The highest BCUT2D eigenvalue weighted by molar-refractivity contribution is 6.03. The Kier molecular flexibility index (Phi) is 3.19. The second-order valence-corrected chi connectivity index (χ2v) is 4.46. The predicted molar refractivity (Wildman–Crippen MR) is 69.7 cm³/mol. The van der Waals surface area contributed by atoms with Crippen molar-refractivity contribution >= 4 is 16.7 Å². The maximum atomic E-state index is 12.0. The summed E-state index contributed by atoms with van der Waals surface area (Å²) in [4.78, 5) is 23.9. The average molecular weight is 245 g/mol. The molecular formula is C14H15NO3. The third-order valence-electron chi connectivity index (χ3n) is 2.65. The highest BCUT2D eigenvalue weighted by atomic mass is 16.5. The van der Waals surface area contributed by atoms with Crippen molar-refractivity contribution in [2.24, 2.45) is 7.05 Å². The van der Waals surface area contributed by atoms with Crippen LogP contribution in [0.25, 0.3) is 10.8 Å². The number of pyridine rings is 1. The smallest absolute Gasteiger partial charge is 0.340 e. The second kappa shape index (κ2) is 4.64. The Bertz CT molecular complexity index is 656. The molecule has 18 heavy (non-hydrogen) atoms. The zero-order chi connectivity index (χ0) is 13.3. The molecule has 0 aliphatic carbocycles. The molecule has 0 unspecified atom stereocenters. The van der Waals surface area contributed by atoms with Crippen LogP contribution in [0.2, 0.25) is 0 Å². The minimum Gasteiger partial charge on any atom is -0.459 e. The van der Waals surface area contributed by atoms with E-state index in [1.165, 1.54) is 10.8 Å². The van der Waals surface area contributed by atoms with E-state index in [-0.39, 0.29) is 11.7 Å². The van der Waals surface area contributed by atoms with Crippen LogP contribution in [0, 0.1) is 0 Å².